The number of nitrogens with zero attached hydrogens (tertiary/aromatic N) is 2. The molecule has 0 aliphatic rings. The molecule has 1 unspecified atom stereocenters. The average Bonchev–Trinajstić information content (AvgIpc) is 2.72. The summed E-state index contributed by atoms with van der Waals surface area (Å²) in [7, 11) is 1.88. The fourth-order valence-electron chi connectivity index (χ4n) is 1.82. The lowest BCUT2D eigenvalue weighted by molar-refractivity contribution is 0.541. The van der Waals surface area contributed by atoms with Gasteiger partial charge in [0.05, 0.1) is 11.7 Å². The molecular weight excluding hydrogens is 271 g/mol. The summed E-state index contributed by atoms with van der Waals surface area (Å²) in [6, 6.07) is 7.24. The molecule has 0 aliphatic heterocycles. The molecule has 1 aromatic carbocycles. The molecule has 2 aromatic rings. The van der Waals surface area contributed by atoms with E-state index < -0.39 is 0 Å². The highest BCUT2D eigenvalue weighted by atomic mass is 35.5. The van der Waals surface area contributed by atoms with Crippen LogP contribution in [0, 0.1) is 0 Å². The number of nitrogens with one attached hydrogen (secondary N) is 1. The van der Waals surface area contributed by atoms with Crippen molar-refractivity contribution in [2.24, 2.45) is 12.9 Å². The van der Waals surface area contributed by atoms with E-state index in [2.05, 4.69) is 10.5 Å². The summed E-state index contributed by atoms with van der Waals surface area (Å²) in [5, 5.41) is 5.53. The number of hydrogen-bond donors (Lipinski definition) is 2. The second-order valence-corrected chi connectivity index (χ2v) is 4.91. The van der Waals surface area contributed by atoms with E-state index in [9.17, 15) is 0 Å². The van der Waals surface area contributed by atoms with E-state index in [-0.39, 0.29) is 6.04 Å². The van der Waals surface area contributed by atoms with Gasteiger partial charge in [-0.3, -0.25) is 16.0 Å². The van der Waals surface area contributed by atoms with Crippen LogP contribution < -0.4 is 11.3 Å². The van der Waals surface area contributed by atoms with Crippen LogP contribution >= 0.6 is 23.2 Å². The monoisotopic (exact) mass is 284 g/mol. The maximum Gasteiger partial charge on any atom is 0.0643 e. The SMILES string of the molecule is Cn1ccc(CC(NN)c2ccc(Cl)cc2Cl)n1. The van der Waals surface area contributed by atoms with E-state index in [1.165, 1.54) is 0 Å². The van der Waals surface area contributed by atoms with Crippen molar-refractivity contribution in [2.45, 2.75) is 12.5 Å². The Balaban J connectivity index is 2.22. The van der Waals surface area contributed by atoms with Crippen LogP contribution in [0.25, 0.3) is 0 Å². The Kier molecular flexibility index (Phi) is 4.24. The first-order valence-electron chi connectivity index (χ1n) is 5.49. The van der Waals surface area contributed by atoms with Gasteiger partial charge in [0.25, 0.3) is 0 Å². The van der Waals surface area contributed by atoms with Crippen molar-refractivity contribution < 1.29 is 0 Å². The molecule has 1 aromatic heterocycles. The van der Waals surface area contributed by atoms with Crippen LogP contribution in [-0.4, -0.2) is 9.78 Å². The van der Waals surface area contributed by atoms with Crippen molar-refractivity contribution in [3.63, 3.8) is 0 Å². The van der Waals surface area contributed by atoms with Crippen molar-refractivity contribution >= 4 is 23.2 Å². The molecule has 6 heteroatoms. The summed E-state index contributed by atoms with van der Waals surface area (Å²) < 4.78 is 1.76. The van der Waals surface area contributed by atoms with Crippen molar-refractivity contribution in [1.29, 1.82) is 0 Å². The number of hydrogen-bond acceptors (Lipinski definition) is 3. The number of rotatable bonds is 4. The number of aryl methyl sites for hydroxylation is 1. The number of halogens is 2. The third-order valence-electron chi connectivity index (χ3n) is 2.72. The largest absolute Gasteiger partial charge is 0.276 e. The number of nitrogens with two attached hydrogens (primary N) is 1. The fourth-order valence-corrected chi connectivity index (χ4v) is 2.36. The first kappa shape index (κ1) is 13.4. The van der Waals surface area contributed by atoms with E-state index in [4.69, 9.17) is 29.0 Å². The number of benzene rings is 1. The molecule has 0 bridgehead atoms. The van der Waals surface area contributed by atoms with Gasteiger partial charge in [-0.2, -0.15) is 5.10 Å². The second-order valence-electron chi connectivity index (χ2n) is 4.07. The van der Waals surface area contributed by atoms with Crippen LogP contribution in [0.15, 0.2) is 30.5 Å². The smallest absolute Gasteiger partial charge is 0.0643 e. The molecule has 0 spiro atoms. The van der Waals surface area contributed by atoms with E-state index in [1.54, 1.807) is 16.8 Å². The van der Waals surface area contributed by atoms with Crippen LogP contribution in [0.4, 0.5) is 0 Å². The van der Waals surface area contributed by atoms with Gasteiger partial charge in [0.15, 0.2) is 0 Å². The average molecular weight is 285 g/mol. The normalized spacial score (nSPS) is 12.7. The minimum atomic E-state index is -0.0929. The third-order valence-corrected chi connectivity index (χ3v) is 3.28. The molecular formula is C12H14Cl2N4. The summed E-state index contributed by atoms with van der Waals surface area (Å²) in [5.41, 5.74) is 4.62. The Hall–Kier alpha value is -1.07. The van der Waals surface area contributed by atoms with Crippen LogP contribution in [0.3, 0.4) is 0 Å². The Bertz CT molecular complexity index is 539. The molecule has 3 N–H and O–H groups in total. The van der Waals surface area contributed by atoms with E-state index in [0.29, 0.717) is 16.5 Å². The zero-order valence-electron chi connectivity index (χ0n) is 9.90. The molecule has 0 amide bonds. The lowest BCUT2D eigenvalue weighted by Crippen LogP contribution is -2.30. The molecule has 1 heterocycles. The molecule has 18 heavy (non-hydrogen) atoms. The molecule has 0 saturated heterocycles. The Morgan fingerprint density at radius 1 is 1.39 bits per heavy atom. The standard InChI is InChI=1S/C12H14Cl2N4/c1-18-5-4-9(17-18)7-12(16-15)10-3-2-8(13)6-11(10)14/h2-6,12,16H,7,15H2,1H3. The molecule has 1 atom stereocenters. The van der Waals surface area contributed by atoms with Gasteiger partial charge in [0.1, 0.15) is 0 Å². The van der Waals surface area contributed by atoms with Gasteiger partial charge in [-0.15, -0.1) is 0 Å². The van der Waals surface area contributed by atoms with Gasteiger partial charge in [-0.1, -0.05) is 29.3 Å². The van der Waals surface area contributed by atoms with Gasteiger partial charge < -0.3 is 0 Å². The van der Waals surface area contributed by atoms with Gasteiger partial charge in [0, 0.05) is 29.7 Å². The predicted octanol–water partition coefficient (Wildman–Crippen LogP) is 2.47. The molecule has 0 fully saturated rings. The maximum atomic E-state index is 6.17. The summed E-state index contributed by atoms with van der Waals surface area (Å²) >= 11 is 12.0. The quantitative estimate of drug-likeness (QED) is 0.670. The molecule has 4 nitrogen and oxygen atoms in total. The van der Waals surface area contributed by atoms with Gasteiger partial charge >= 0.3 is 0 Å². The van der Waals surface area contributed by atoms with Gasteiger partial charge in [-0.25, -0.2) is 0 Å². The van der Waals surface area contributed by atoms with E-state index in [1.807, 2.05) is 25.4 Å². The molecule has 2 rings (SSSR count). The van der Waals surface area contributed by atoms with Crippen LogP contribution in [0.1, 0.15) is 17.3 Å². The van der Waals surface area contributed by atoms with Crippen LogP contribution in [0.2, 0.25) is 10.0 Å². The van der Waals surface area contributed by atoms with E-state index in [0.717, 1.165) is 11.3 Å². The molecule has 96 valence electrons. The number of aromatic nitrogens is 2. The van der Waals surface area contributed by atoms with Crippen molar-refractivity contribution in [1.82, 2.24) is 15.2 Å². The van der Waals surface area contributed by atoms with Crippen molar-refractivity contribution in [2.75, 3.05) is 0 Å². The highest BCUT2D eigenvalue weighted by Gasteiger charge is 2.15. The molecule has 0 saturated carbocycles. The minimum absolute atomic E-state index is 0.0929. The van der Waals surface area contributed by atoms with Gasteiger partial charge in [0.2, 0.25) is 0 Å². The van der Waals surface area contributed by atoms with Crippen molar-refractivity contribution in [3.05, 3.63) is 51.8 Å². The lowest BCUT2D eigenvalue weighted by Gasteiger charge is -2.16. The molecule has 0 aliphatic carbocycles. The summed E-state index contributed by atoms with van der Waals surface area (Å²) in [6.07, 6.45) is 2.56. The zero-order valence-corrected chi connectivity index (χ0v) is 11.4. The Morgan fingerprint density at radius 3 is 2.72 bits per heavy atom. The maximum absolute atomic E-state index is 6.17. The Morgan fingerprint density at radius 2 is 2.17 bits per heavy atom. The highest BCUT2D eigenvalue weighted by molar-refractivity contribution is 6.35. The number of hydrazine groups is 1. The minimum Gasteiger partial charge on any atom is -0.276 e. The Labute approximate surface area is 116 Å². The fraction of sp³-hybridized carbons (Fsp3) is 0.250. The first-order chi connectivity index (χ1) is 8.60. The predicted molar refractivity (Wildman–Crippen MR) is 73.4 cm³/mol. The van der Waals surface area contributed by atoms with E-state index >= 15 is 0 Å². The lowest BCUT2D eigenvalue weighted by atomic mass is 10.0. The topological polar surface area (TPSA) is 55.9 Å². The summed E-state index contributed by atoms with van der Waals surface area (Å²) in [4.78, 5) is 0. The zero-order chi connectivity index (χ0) is 13.1. The molecule has 0 radical (unpaired) electrons. The van der Waals surface area contributed by atoms with Crippen LogP contribution in [0.5, 0.6) is 0 Å². The first-order valence-corrected chi connectivity index (χ1v) is 6.25. The second kappa shape index (κ2) is 5.71. The summed E-state index contributed by atoms with van der Waals surface area (Å²) in [5.74, 6) is 5.59. The van der Waals surface area contributed by atoms with Crippen LogP contribution in [-0.2, 0) is 13.5 Å². The summed E-state index contributed by atoms with van der Waals surface area (Å²) in [6.45, 7) is 0. The highest BCUT2D eigenvalue weighted by Crippen LogP contribution is 2.27. The van der Waals surface area contributed by atoms with Crippen molar-refractivity contribution in [3.8, 4) is 0 Å². The van der Waals surface area contributed by atoms with Gasteiger partial charge in [-0.05, 0) is 23.8 Å². The third kappa shape index (κ3) is 3.03.